The van der Waals surface area contributed by atoms with Crippen molar-refractivity contribution in [2.45, 2.75) is 40.2 Å². The smallest absolute Gasteiger partial charge is 0.136 e. The van der Waals surface area contributed by atoms with E-state index in [1.807, 2.05) is 38.1 Å². The third-order valence-electron chi connectivity index (χ3n) is 6.60. The lowest BCUT2D eigenvalue weighted by atomic mass is 9.99. The van der Waals surface area contributed by atoms with Gasteiger partial charge < -0.3 is 14.7 Å². The minimum absolute atomic E-state index is 0.302. The zero-order valence-electron chi connectivity index (χ0n) is 20.8. The number of rotatable bonds is 8. The first kappa shape index (κ1) is 24.2. The van der Waals surface area contributed by atoms with E-state index in [1.54, 1.807) is 0 Å². The highest BCUT2D eigenvalue weighted by molar-refractivity contribution is 5.52. The van der Waals surface area contributed by atoms with Gasteiger partial charge in [-0.2, -0.15) is 0 Å². The Kier molecular flexibility index (Phi) is 7.80. The molecule has 0 radical (unpaired) electrons. The fourth-order valence-corrected chi connectivity index (χ4v) is 4.58. The molecule has 1 unspecified atom stereocenters. The highest BCUT2D eigenvalue weighted by atomic mass is 16.5. The molecule has 0 amide bonds. The van der Waals surface area contributed by atoms with Crippen molar-refractivity contribution in [3.63, 3.8) is 0 Å². The number of nitrogens with zero attached hydrogens (tertiary/aromatic N) is 4. The predicted molar refractivity (Wildman–Crippen MR) is 137 cm³/mol. The van der Waals surface area contributed by atoms with Crippen LogP contribution in [0.4, 0.5) is 5.82 Å². The number of hydrogen-bond donors (Lipinski definition) is 1. The Bertz CT molecular complexity index is 1110. The summed E-state index contributed by atoms with van der Waals surface area (Å²) in [6, 6.07) is 16.4. The molecule has 1 fully saturated rings. The molecule has 4 rings (SSSR count). The van der Waals surface area contributed by atoms with Gasteiger partial charge in [0, 0.05) is 50.4 Å². The lowest BCUT2D eigenvalue weighted by molar-refractivity contribution is 0.0660. The van der Waals surface area contributed by atoms with Crippen LogP contribution in [-0.4, -0.2) is 65.4 Å². The van der Waals surface area contributed by atoms with E-state index in [-0.39, 0.29) is 0 Å². The van der Waals surface area contributed by atoms with E-state index < -0.39 is 6.10 Å². The van der Waals surface area contributed by atoms with E-state index in [0.717, 1.165) is 61.2 Å². The van der Waals surface area contributed by atoms with Crippen molar-refractivity contribution in [2.75, 3.05) is 44.2 Å². The van der Waals surface area contributed by atoms with E-state index in [4.69, 9.17) is 9.72 Å². The van der Waals surface area contributed by atoms with Gasteiger partial charge in [0.2, 0.25) is 0 Å². The van der Waals surface area contributed by atoms with Crippen LogP contribution in [-0.2, 0) is 6.42 Å². The van der Waals surface area contributed by atoms with Crippen molar-refractivity contribution in [3.05, 3.63) is 82.3 Å². The van der Waals surface area contributed by atoms with Gasteiger partial charge in [-0.05, 0) is 50.5 Å². The summed E-state index contributed by atoms with van der Waals surface area (Å²) in [5, 5.41) is 10.5. The molecule has 180 valence electrons. The highest BCUT2D eigenvalue weighted by Gasteiger charge is 2.24. The molecule has 0 saturated carbocycles. The second kappa shape index (κ2) is 11.0. The van der Waals surface area contributed by atoms with Crippen LogP contribution in [0, 0.1) is 27.7 Å². The molecule has 2 heterocycles. The summed E-state index contributed by atoms with van der Waals surface area (Å²) in [6.07, 6.45) is 0.315. The Balaban J connectivity index is 1.37. The molecule has 1 aliphatic heterocycles. The number of piperazine rings is 1. The molecule has 1 aliphatic rings. The predicted octanol–water partition coefficient (Wildman–Crippen LogP) is 3.86. The number of aliphatic hydroxyl groups is 1. The van der Waals surface area contributed by atoms with Gasteiger partial charge >= 0.3 is 0 Å². The number of aromatic nitrogens is 2. The van der Waals surface area contributed by atoms with Crippen LogP contribution in [0.5, 0.6) is 5.75 Å². The highest BCUT2D eigenvalue weighted by Crippen LogP contribution is 2.26. The Morgan fingerprint density at radius 1 is 0.882 bits per heavy atom. The van der Waals surface area contributed by atoms with Gasteiger partial charge in [0.25, 0.3) is 0 Å². The van der Waals surface area contributed by atoms with Crippen LogP contribution in [0.1, 0.15) is 33.8 Å². The fraction of sp³-hybridized carbons (Fsp3) is 0.429. The monoisotopic (exact) mass is 460 g/mol. The minimum Gasteiger partial charge on any atom is -0.491 e. The number of benzene rings is 2. The Morgan fingerprint density at radius 2 is 1.56 bits per heavy atom. The maximum atomic E-state index is 10.5. The molecule has 1 atom stereocenters. The van der Waals surface area contributed by atoms with Crippen molar-refractivity contribution < 1.29 is 9.84 Å². The molecule has 6 nitrogen and oxygen atoms in total. The van der Waals surface area contributed by atoms with E-state index in [0.29, 0.717) is 13.2 Å². The summed E-state index contributed by atoms with van der Waals surface area (Å²) in [5.41, 5.74) is 5.95. The molecule has 0 spiro atoms. The number of para-hydroxylation sites is 1. The lowest BCUT2D eigenvalue weighted by Crippen LogP contribution is -2.49. The summed E-state index contributed by atoms with van der Waals surface area (Å²) in [5.74, 6) is 2.70. The quantitative estimate of drug-likeness (QED) is 0.551. The van der Waals surface area contributed by atoms with Crippen LogP contribution >= 0.6 is 0 Å². The molecule has 0 aliphatic carbocycles. The normalized spacial score (nSPS) is 15.4. The number of anilines is 1. The maximum Gasteiger partial charge on any atom is 0.136 e. The number of ether oxygens (including phenoxy) is 1. The lowest BCUT2D eigenvalue weighted by Gasteiger charge is -2.37. The summed E-state index contributed by atoms with van der Waals surface area (Å²) < 4.78 is 5.83. The molecular formula is C28H36N4O2. The second-order valence-corrected chi connectivity index (χ2v) is 9.28. The average molecular weight is 461 g/mol. The van der Waals surface area contributed by atoms with E-state index >= 15 is 0 Å². The van der Waals surface area contributed by atoms with Crippen molar-refractivity contribution in [1.29, 1.82) is 0 Å². The second-order valence-electron chi connectivity index (χ2n) is 9.28. The third-order valence-corrected chi connectivity index (χ3v) is 6.60. The maximum absolute atomic E-state index is 10.5. The van der Waals surface area contributed by atoms with Crippen LogP contribution in [0.2, 0.25) is 0 Å². The summed E-state index contributed by atoms with van der Waals surface area (Å²) >= 11 is 0. The molecule has 1 aromatic heterocycles. The van der Waals surface area contributed by atoms with Gasteiger partial charge in [-0.15, -0.1) is 0 Å². The van der Waals surface area contributed by atoms with Gasteiger partial charge in [0.1, 0.15) is 30.1 Å². The van der Waals surface area contributed by atoms with E-state index in [1.165, 1.54) is 16.7 Å². The van der Waals surface area contributed by atoms with Crippen molar-refractivity contribution in [1.82, 2.24) is 14.9 Å². The van der Waals surface area contributed by atoms with Gasteiger partial charge in [-0.25, -0.2) is 9.97 Å². The number of β-amino-alcohol motifs (C(OH)–C–C–N with tert-alkyl or cyclic N) is 1. The van der Waals surface area contributed by atoms with E-state index in [9.17, 15) is 5.11 Å². The standard InChI is InChI=1S/C28H36N4O2/c1-20-9-5-7-11-24(20)17-26-22(3)29-23(4)30-28(26)32-15-13-31(14-16-32)18-25(33)19-34-27-12-8-6-10-21(27)2/h5-12,25,33H,13-19H2,1-4H3. The Hall–Kier alpha value is -2.96. The zero-order chi connectivity index (χ0) is 24.1. The van der Waals surface area contributed by atoms with Gasteiger partial charge in [-0.1, -0.05) is 42.5 Å². The van der Waals surface area contributed by atoms with Gasteiger partial charge in [-0.3, -0.25) is 4.90 Å². The molecule has 0 bridgehead atoms. The van der Waals surface area contributed by atoms with Crippen LogP contribution in [0.15, 0.2) is 48.5 Å². The summed E-state index contributed by atoms with van der Waals surface area (Å²) in [7, 11) is 0. The van der Waals surface area contributed by atoms with Crippen LogP contribution in [0.25, 0.3) is 0 Å². The fourth-order valence-electron chi connectivity index (χ4n) is 4.58. The molecule has 1 saturated heterocycles. The topological polar surface area (TPSA) is 61.7 Å². The Labute approximate surface area is 203 Å². The molecule has 3 aromatic rings. The van der Waals surface area contributed by atoms with Gasteiger partial charge in [0.05, 0.1) is 0 Å². The van der Waals surface area contributed by atoms with Crippen molar-refractivity contribution >= 4 is 5.82 Å². The largest absolute Gasteiger partial charge is 0.491 e. The van der Waals surface area contributed by atoms with Crippen molar-refractivity contribution in [2.24, 2.45) is 0 Å². The molecule has 6 heteroatoms. The van der Waals surface area contributed by atoms with Crippen molar-refractivity contribution in [3.8, 4) is 5.75 Å². The van der Waals surface area contributed by atoms with Gasteiger partial charge in [0.15, 0.2) is 0 Å². The molecule has 2 aromatic carbocycles. The summed E-state index contributed by atoms with van der Waals surface area (Å²) in [4.78, 5) is 14.2. The first-order chi connectivity index (χ1) is 16.4. The minimum atomic E-state index is -0.522. The van der Waals surface area contributed by atoms with E-state index in [2.05, 4.69) is 52.9 Å². The third kappa shape index (κ3) is 5.93. The molecular weight excluding hydrogens is 424 g/mol. The molecule has 1 N–H and O–H groups in total. The summed E-state index contributed by atoms with van der Waals surface area (Å²) in [6.45, 7) is 12.7. The van der Waals surface area contributed by atoms with Crippen LogP contribution < -0.4 is 9.64 Å². The first-order valence-electron chi connectivity index (χ1n) is 12.1. The number of hydrogen-bond acceptors (Lipinski definition) is 6. The molecule has 34 heavy (non-hydrogen) atoms. The first-order valence-corrected chi connectivity index (χ1v) is 12.1. The average Bonchev–Trinajstić information content (AvgIpc) is 2.82. The van der Waals surface area contributed by atoms with Crippen LogP contribution in [0.3, 0.4) is 0 Å². The number of aliphatic hydroxyl groups excluding tert-OH is 1. The zero-order valence-corrected chi connectivity index (χ0v) is 20.8. The number of aryl methyl sites for hydroxylation is 4. The Morgan fingerprint density at radius 3 is 2.26 bits per heavy atom. The SMILES string of the molecule is Cc1nc(C)c(Cc2ccccc2C)c(N2CCN(CC(O)COc3ccccc3C)CC2)n1.